The fourth-order valence-corrected chi connectivity index (χ4v) is 3.97. The molecule has 5 nitrogen and oxygen atoms in total. The number of phenols is 1. The highest BCUT2D eigenvalue weighted by Crippen LogP contribution is 2.35. The van der Waals surface area contributed by atoms with Crippen molar-refractivity contribution >= 4 is 5.91 Å². The summed E-state index contributed by atoms with van der Waals surface area (Å²) in [6.07, 6.45) is 1.41. The highest BCUT2D eigenvalue weighted by atomic mass is 16.3. The number of aliphatic hydroxyl groups is 2. The molecule has 27 heavy (non-hydrogen) atoms. The molecule has 5 heteroatoms. The summed E-state index contributed by atoms with van der Waals surface area (Å²) in [6, 6.07) is 14.3. The summed E-state index contributed by atoms with van der Waals surface area (Å²) in [6.45, 7) is 2.74. The molecule has 0 spiro atoms. The molecule has 0 unspecified atom stereocenters. The predicted octanol–water partition coefficient (Wildman–Crippen LogP) is 3.04. The third-order valence-corrected chi connectivity index (χ3v) is 5.55. The lowest BCUT2D eigenvalue weighted by molar-refractivity contribution is -0.0720. The number of hydrogen-bond acceptors (Lipinski definition) is 4. The van der Waals surface area contributed by atoms with Crippen LogP contribution in [0.3, 0.4) is 0 Å². The molecule has 2 aromatic rings. The molecule has 144 valence electrons. The van der Waals surface area contributed by atoms with Crippen molar-refractivity contribution in [1.82, 2.24) is 4.90 Å². The second kappa shape index (κ2) is 8.11. The number of hydrogen-bond donors (Lipinski definition) is 3. The van der Waals surface area contributed by atoms with Gasteiger partial charge in [-0.15, -0.1) is 0 Å². The lowest BCUT2D eigenvalue weighted by atomic mass is 9.74. The van der Waals surface area contributed by atoms with E-state index in [-0.39, 0.29) is 18.3 Å². The number of benzene rings is 2. The van der Waals surface area contributed by atoms with Crippen molar-refractivity contribution in [3.05, 3.63) is 54.1 Å². The van der Waals surface area contributed by atoms with Crippen molar-refractivity contribution in [1.29, 1.82) is 0 Å². The summed E-state index contributed by atoms with van der Waals surface area (Å²) >= 11 is 0. The summed E-state index contributed by atoms with van der Waals surface area (Å²) in [5, 5.41) is 29.8. The average molecular weight is 369 g/mol. The molecule has 1 fully saturated rings. The van der Waals surface area contributed by atoms with Crippen molar-refractivity contribution in [2.45, 2.75) is 32.3 Å². The maximum Gasteiger partial charge on any atom is 0.253 e. The van der Waals surface area contributed by atoms with Crippen LogP contribution < -0.4 is 0 Å². The number of likely N-dealkylation sites (tertiary alicyclic amines) is 1. The Morgan fingerprint density at radius 2 is 1.93 bits per heavy atom. The van der Waals surface area contributed by atoms with Crippen LogP contribution in [0.15, 0.2) is 48.5 Å². The van der Waals surface area contributed by atoms with Gasteiger partial charge in [-0.1, -0.05) is 37.6 Å². The summed E-state index contributed by atoms with van der Waals surface area (Å²) < 4.78 is 0. The summed E-state index contributed by atoms with van der Waals surface area (Å²) in [4.78, 5) is 14.8. The van der Waals surface area contributed by atoms with Crippen LogP contribution in [0.5, 0.6) is 5.75 Å². The molecule has 1 saturated heterocycles. The lowest BCUT2D eigenvalue weighted by Crippen LogP contribution is -2.55. The Bertz CT molecular complexity index is 789. The van der Waals surface area contributed by atoms with Crippen LogP contribution in [0.2, 0.25) is 0 Å². The van der Waals surface area contributed by atoms with Gasteiger partial charge in [0.1, 0.15) is 5.75 Å². The largest absolute Gasteiger partial charge is 0.508 e. The fraction of sp³-hybridized carbons (Fsp3) is 0.409. The first-order valence-electron chi connectivity index (χ1n) is 9.47. The molecular formula is C22H27NO4. The SMILES string of the molecule is CCC[C@@]1(CO)CN(C(=O)c2cccc(-c3ccc(O)cc3)c2)CC[C@H]1O. The van der Waals surface area contributed by atoms with E-state index in [0.717, 1.165) is 17.5 Å². The molecule has 1 aliphatic heterocycles. The third kappa shape index (κ3) is 3.99. The molecule has 0 radical (unpaired) electrons. The number of aliphatic hydroxyl groups excluding tert-OH is 2. The number of rotatable bonds is 5. The van der Waals surface area contributed by atoms with Gasteiger partial charge in [-0.05, 0) is 48.2 Å². The first-order chi connectivity index (χ1) is 13.0. The third-order valence-electron chi connectivity index (χ3n) is 5.55. The van der Waals surface area contributed by atoms with Gasteiger partial charge in [0, 0.05) is 24.1 Å². The van der Waals surface area contributed by atoms with Gasteiger partial charge in [-0.3, -0.25) is 4.79 Å². The van der Waals surface area contributed by atoms with Crippen LogP contribution in [0, 0.1) is 5.41 Å². The lowest BCUT2D eigenvalue weighted by Gasteiger charge is -2.45. The van der Waals surface area contributed by atoms with Crippen molar-refractivity contribution in [2.75, 3.05) is 19.7 Å². The van der Waals surface area contributed by atoms with Gasteiger partial charge in [0.05, 0.1) is 12.7 Å². The molecule has 2 aromatic carbocycles. The summed E-state index contributed by atoms with van der Waals surface area (Å²) in [5.41, 5.74) is 1.77. The van der Waals surface area contributed by atoms with Gasteiger partial charge in [0.2, 0.25) is 0 Å². The highest BCUT2D eigenvalue weighted by Gasteiger charge is 2.43. The molecule has 0 bridgehead atoms. The first-order valence-corrected chi connectivity index (χ1v) is 9.47. The highest BCUT2D eigenvalue weighted by molar-refractivity contribution is 5.95. The number of amides is 1. The minimum Gasteiger partial charge on any atom is -0.508 e. The average Bonchev–Trinajstić information content (AvgIpc) is 2.70. The van der Waals surface area contributed by atoms with E-state index >= 15 is 0 Å². The quantitative estimate of drug-likeness (QED) is 0.757. The van der Waals surface area contributed by atoms with Crippen LogP contribution in [-0.4, -0.2) is 51.9 Å². The molecule has 0 aromatic heterocycles. The van der Waals surface area contributed by atoms with Crippen LogP contribution in [-0.2, 0) is 0 Å². The Labute approximate surface area is 159 Å². The molecule has 0 saturated carbocycles. The van der Waals surface area contributed by atoms with E-state index in [1.807, 2.05) is 37.3 Å². The number of nitrogens with zero attached hydrogens (tertiary/aromatic N) is 1. The Hall–Kier alpha value is -2.37. The molecular weight excluding hydrogens is 342 g/mol. The summed E-state index contributed by atoms with van der Waals surface area (Å²) in [7, 11) is 0. The maximum absolute atomic E-state index is 13.1. The van der Waals surface area contributed by atoms with E-state index in [1.165, 1.54) is 0 Å². The zero-order chi connectivity index (χ0) is 19.4. The fourth-order valence-electron chi connectivity index (χ4n) is 3.97. The molecule has 2 atom stereocenters. The zero-order valence-corrected chi connectivity index (χ0v) is 15.6. The zero-order valence-electron chi connectivity index (χ0n) is 15.6. The molecule has 3 rings (SSSR count). The van der Waals surface area contributed by atoms with Gasteiger partial charge in [0.25, 0.3) is 5.91 Å². The second-order valence-corrected chi connectivity index (χ2v) is 7.43. The van der Waals surface area contributed by atoms with E-state index in [2.05, 4.69) is 0 Å². The van der Waals surface area contributed by atoms with E-state index in [1.54, 1.807) is 23.1 Å². The topological polar surface area (TPSA) is 81.0 Å². The second-order valence-electron chi connectivity index (χ2n) is 7.43. The molecule has 1 heterocycles. The molecule has 1 aliphatic rings. The summed E-state index contributed by atoms with van der Waals surface area (Å²) in [5.74, 6) is 0.116. The normalized spacial score (nSPS) is 22.6. The minimum atomic E-state index is -0.642. The number of phenolic OH excluding ortho intramolecular Hbond substituents is 1. The molecule has 1 amide bonds. The van der Waals surface area contributed by atoms with Crippen molar-refractivity contribution in [3.8, 4) is 16.9 Å². The maximum atomic E-state index is 13.1. The number of aromatic hydroxyl groups is 1. The number of carbonyl (C=O) groups is 1. The van der Waals surface area contributed by atoms with Gasteiger partial charge >= 0.3 is 0 Å². The van der Waals surface area contributed by atoms with E-state index in [4.69, 9.17) is 0 Å². The number of carbonyl (C=O) groups excluding carboxylic acids is 1. The van der Waals surface area contributed by atoms with Crippen molar-refractivity contribution in [2.24, 2.45) is 5.41 Å². The van der Waals surface area contributed by atoms with Gasteiger partial charge in [-0.2, -0.15) is 0 Å². The van der Waals surface area contributed by atoms with Crippen LogP contribution in [0.1, 0.15) is 36.5 Å². The van der Waals surface area contributed by atoms with E-state index in [9.17, 15) is 20.1 Å². The molecule has 0 aliphatic carbocycles. The Morgan fingerprint density at radius 1 is 1.19 bits per heavy atom. The predicted molar refractivity (Wildman–Crippen MR) is 104 cm³/mol. The van der Waals surface area contributed by atoms with Crippen LogP contribution in [0.4, 0.5) is 0 Å². The van der Waals surface area contributed by atoms with Gasteiger partial charge < -0.3 is 20.2 Å². The van der Waals surface area contributed by atoms with E-state index < -0.39 is 11.5 Å². The first kappa shape index (κ1) is 19.4. The molecule has 3 N–H and O–H groups in total. The standard InChI is InChI=1S/C22H27NO4/c1-2-11-22(15-24)14-23(12-10-20(22)26)21(27)18-5-3-4-17(13-18)16-6-8-19(25)9-7-16/h3-9,13,20,24-26H,2,10-12,14-15H2,1H3/t20-,22+/m1/s1. The van der Waals surface area contributed by atoms with Gasteiger partial charge in [0.15, 0.2) is 0 Å². The smallest absolute Gasteiger partial charge is 0.253 e. The van der Waals surface area contributed by atoms with Gasteiger partial charge in [-0.25, -0.2) is 0 Å². The van der Waals surface area contributed by atoms with E-state index in [0.29, 0.717) is 31.5 Å². The van der Waals surface area contributed by atoms with Crippen LogP contribution in [0.25, 0.3) is 11.1 Å². The minimum absolute atomic E-state index is 0.0866. The Morgan fingerprint density at radius 3 is 2.59 bits per heavy atom. The monoisotopic (exact) mass is 369 g/mol. The van der Waals surface area contributed by atoms with Crippen molar-refractivity contribution in [3.63, 3.8) is 0 Å². The Kier molecular flexibility index (Phi) is 5.82. The number of piperidine rings is 1. The Balaban J connectivity index is 1.83. The van der Waals surface area contributed by atoms with Crippen molar-refractivity contribution < 1.29 is 20.1 Å². The van der Waals surface area contributed by atoms with Crippen LogP contribution >= 0.6 is 0 Å².